The maximum absolute atomic E-state index is 6.26. The largest absolute Gasteiger partial charge is 0.475 e. The van der Waals surface area contributed by atoms with Crippen molar-refractivity contribution in [2.24, 2.45) is 5.73 Å². The highest BCUT2D eigenvalue weighted by molar-refractivity contribution is 5.19. The summed E-state index contributed by atoms with van der Waals surface area (Å²) >= 11 is 0. The second-order valence-electron chi connectivity index (χ2n) is 6.55. The molecule has 0 spiro atoms. The van der Waals surface area contributed by atoms with Crippen LogP contribution in [0.1, 0.15) is 51.5 Å². The first-order chi connectivity index (χ1) is 10.7. The van der Waals surface area contributed by atoms with Gasteiger partial charge in [-0.1, -0.05) is 25.8 Å². The zero-order valence-corrected chi connectivity index (χ0v) is 14.1. The molecule has 4 heteroatoms. The number of nitrogens with zero attached hydrogens (tertiary/aromatic N) is 2. The molecule has 0 aromatic carbocycles. The van der Waals surface area contributed by atoms with Crippen molar-refractivity contribution in [2.75, 3.05) is 19.6 Å². The molecule has 1 aromatic rings. The van der Waals surface area contributed by atoms with Crippen LogP contribution in [0.15, 0.2) is 18.3 Å². The van der Waals surface area contributed by atoms with Gasteiger partial charge in [-0.2, -0.15) is 0 Å². The summed E-state index contributed by atoms with van der Waals surface area (Å²) < 4.78 is 5.83. The fourth-order valence-electron chi connectivity index (χ4n) is 3.02. The van der Waals surface area contributed by atoms with E-state index in [9.17, 15) is 0 Å². The Kier molecular flexibility index (Phi) is 7.13. The van der Waals surface area contributed by atoms with Crippen molar-refractivity contribution in [2.45, 2.75) is 64.5 Å². The van der Waals surface area contributed by atoms with Gasteiger partial charge in [0.1, 0.15) is 0 Å². The quantitative estimate of drug-likeness (QED) is 0.762. The van der Waals surface area contributed by atoms with Crippen molar-refractivity contribution < 1.29 is 4.74 Å². The molecule has 0 amide bonds. The fraction of sp³-hybridized carbons (Fsp3) is 0.722. The number of likely N-dealkylation sites (tertiary alicyclic amines) is 1. The summed E-state index contributed by atoms with van der Waals surface area (Å²) in [6, 6.07) is 4.26. The van der Waals surface area contributed by atoms with E-state index >= 15 is 0 Å². The second-order valence-corrected chi connectivity index (χ2v) is 6.55. The molecule has 2 heterocycles. The van der Waals surface area contributed by atoms with E-state index in [-0.39, 0.29) is 12.1 Å². The zero-order chi connectivity index (χ0) is 15.8. The Labute approximate surface area is 135 Å². The van der Waals surface area contributed by atoms with Crippen LogP contribution in [-0.4, -0.2) is 41.7 Å². The molecule has 4 nitrogen and oxygen atoms in total. The maximum atomic E-state index is 6.26. The lowest BCUT2D eigenvalue weighted by Gasteiger charge is -2.20. The van der Waals surface area contributed by atoms with Crippen molar-refractivity contribution in [1.82, 2.24) is 9.88 Å². The maximum Gasteiger partial charge on any atom is 0.213 e. The number of hydrogen-bond acceptors (Lipinski definition) is 4. The zero-order valence-electron chi connectivity index (χ0n) is 14.1. The van der Waals surface area contributed by atoms with Gasteiger partial charge in [-0.25, -0.2) is 4.98 Å². The summed E-state index contributed by atoms with van der Waals surface area (Å²) in [6.07, 6.45) is 9.14. The number of hydrogen-bond donors (Lipinski definition) is 1. The van der Waals surface area contributed by atoms with Gasteiger partial charge in [0.15, 0.2) is 0 Å². The lowest BCUT2D eigenvalue weighted by Crippen LogP contribution is -2.37. The molecule has 0 bridgehead atoms. The average Bonchev–Trinajstić information content (AvgIpc) is 3.00. The third-order valence-electron chi connectivity index (χ3n) is 4.27. The molecule has 2 N–H and O–H groups in total. The number of nitrogens with two attached hydrogens (primary N) is 1. The molecule has 2 atom stereocenters. The van der Waals surface area contributed by atoms with Crippen LogP contribution in [0, 0.1) is 0 Å². The summed E-state index contributed by atoms with van der Waals surface area (Å²) in [5, 5.41) is 0. The van der Waals surface area contributed by atoms with E-state index in [0.717, 1.165) is 25.3 Å². The van der Waals surface area contributed by atoms with E-state index in [1.807, 2.05) is 12.3 Å². The molecule has 1 aliphatic heterocycles. The normalized spacial score (nSPS) is 18.3. The van der Waals surface area contributed by atoms with Gasteiger partial charge in [-0.05, 0) is 51.3 Å². The summed E-state index contributed by atoms with van der Waals surface area (Å²) in [4.78, 5) is 6.88. The standard InChI is InChI=1S/C18H31N3O/c1-3-4-7-15(2)22-18-9-8-16(13-20-18)12-17(19)14-21-10-5-6-11-21/h8-9,13,15,17H,3-7,10-12,14,19H2,1-2H3. The van der Waals surface area contributed by atoms with E-state index < -0.39 is 0 Å². The third kappa shape index (κ3) is 5.93. The summed E-state index contributed by atoms with van der Waals surface area (Å²) in [5.41, 5.74) is 7.45. The molecule has 22 heavy (non-hydrogen) atoms. The van der Waals surface area contributed by atoms with Crippen molar-refractivity contribution >= 4 is 0 Å². The minimum Gasteiger partial charge on any atom is -0.475 e. The highest BCUT2D eigenvalue weighted by Gasteiger charge is 2.15. The second kappa shape index (κ2) is 9.11. The van der Waals surface area contributed by atoms with Crippen LogP contribution >= 0.6 is 0 Å². The highest BCUT2D eigenvalue weighted by atomic mass is 16.5. The molecule has 124 valence electrons. The van der Waals surface area contributed by atoms with Crippen molar-refractivity contribution in [3.8, 4) is 5.88 Å². The first kappa shape index (κ1) is 17.2. The van der Waals surface area contributed by atoms with E-state index in [0.29, 0.717) is 0 Å². The molecule has 1 aromatic heterocycles. The third-order valence-corrected chi connectivity index (χ3v) is 4.27. The monoisotopic (exact) mass is 305 g/mol. The SMILES string of the molecule is CCCCC(C)Oc1ccc(CC(N)CN2CCCC2)cn1. The Hall–Kier alpha value is -1.13. The Morgan fingerprint density at radius 2 is 2.09 bits per heavy atom. The minimum atomic E-state index is 0.190. The number of pyridine rings is 1. The van der Waals surface area contributed by atoms with Crippen LogP contribution < -0.4 is 10.5 Å². The number of ether oxygens (including phenoxy) is 1. The van der Waals surface area contributed by atoms with Crippen LogP contribution in [0.4, 0.5) is 0 Å². The number of rotatable bonds is 9. The molecule has 0 aliphatic carbocycles. The van der Waals surface area contributed by atoms with E-state index in [4.69, 9.17) is 10.5 Å². The minimum absolute atomic E-state index is 0.190. The van der Waals surface area contributed by atoms with Crippen LogP contribution in [-0.2, 0) is 6.42 Å². The predicted octanol–water partition coefficient (Wildman–Crippen LogP) is 3.00. The van der Waals surface area contributed by atoms with Gasteiger partial charge in [-0.15, -0.1) is 0 Å². The van der Waals surface area contributed by atoms with Crippen molar-refractivity contribution in [3.63, 3.8) is 0 Å². The fourth-order valence-corrected chi connectivity index (χ4v) is 3.02. The molecular formula is C18H31N3O. The number of aromatic nitrogens is 1. The smallest absolute Gasteiger partial charge is 0.213 e. The molecule has 2 rings (SSSR count). The van der Waals surface area contributed by atoms with Crippen LogP contribution in [0.2, 0.25) is 0 Å². The lowest BCUT2D eigenvalue weighted by molar-refractivity contribution is 0.199. The van der Waals surface area contributed by atoms with Crippen LogP contribution in [0.3, 0.4) is 0 Å². The van der Waals surface area contributed by atoms with E-state index in [1.165, 1.54) is 44.3 Å². The van der Waals surface area contributed by atoms with Crippen LogP contribution in [0.5, 0.6) is 5.88 Å². The first-order valence-corrected chi connectivity index (χ1v) is 8.77. The highest BCUT2D eigenvalue weighted by Crippen LogP contribution is 2.14. The first-order valence-electron chi connectivity index (χ1n) is 8.77. The summed E-state index contributed by atoms with van der Waals surface area (Å²) in [7, 11) is 0. The molecule has 1 saturated heterocycles. The van der Waals surface area contributed by atoms with Gasteiger partial charge < -0.3 is 15.4 Å². The van der Waals surface area contributed by atoms with Gasteiger partial charge in [0.2, 0.25) is 5.88 Å². The lowest BCUT2D eigenvalue weighted by atomic mass is 10.1. The summed E-state index contributed by atoms with van der Waals surface area (Å²) in [5.74, 6) is 0.723. The average molecular weight is 305 g/mol. The molecule has 1 fully saturated rings. The van der Waals surface area contributed by atoms with E-state index in [2.05, 4.69) is 29.8 Å². The molecule has 0 radical (unpaired) electrons. The Bertz CT molecular complexity index is 415. The number of unbranched alkanes of at least 4 members (excludes halogenated alkanes) is 1. The van der Waals surface area contributed by atoms with Gasteiger partial charge in [0, 0.05) is 24.8 Å². The topological polar surface area (TPSA) is 51.4 Å². The van der Waals surface area contributed by atoms with Crippen molar-refractivity contribution in [3.05, 3.63) is 23.9 Å². The van der Waals surface area contributed by atoms with Gasteiger partial charge in [0.05, 0.1) is 6.10 Å². The van der Waals surface area contributed by atoms with Gasteiger partial charge >= 0.3 is 0 Å². The Morgan fingerprint density at radius 3 is 2.73 bits per heavy atom. The summed E-state index contributed by atoms with van der Waals surface area (Å²) in [6.45, 7) is 7.71. The predicted molar refractivity (Wildman–Crippen MR) is 91.2 cm³/mol. The van der Waals surface area contributed by atoms with Gasteiger partial charge in [0.25, 0.3) is 0 Å². The van der Waals surface area contributed by atoms with E-state index in [1.54, 1.807) is 0 Å². The molecule has 0 saturated carbocycles. The molecule has 2 unspecified atom stereocenters. The molecule has 1 aliphatic rings. The molecular weight excluding hydrogens is 274 g/mol. The van der Waals surface area contributed by atoms with Crippen LogP contribution in [0.25, 0.3) is 0 Å². The Morgan fingerprint density at radius 1 is 1.32 bits per heavy atom. The van der Waals surface area contributed by atoms with Crippen molar-refractivity contribution in [1.29, 1.82) is 0 Å². The Balaban J connectivity index is 1.75. The van der Waals surface area contributed by atoms with Gasteiger partial charge in [-0.3, -0.25) is 0 Å².